The van der Waals surface area contributed by atoms with Gasteiger partial charge >= 0.3 is 0 Å². The first kappa shape index (κ1) is 26.2. The molecule has 2 aromatic rings. The minimum absolute atomic E-state index is 0. The summed E-state index contributed by atoms with van der Waals surface area (Å²) in [6.07, 6.45) is 5.97. The molecule has 4 heteroatoms. The molecule has 2 fully saturated rings. The first-order valence-electron chi connectivity index (χ1n) is 11.6. The fourth-order valence-corrected chi connectivity index (χ4v) is 5.34. The summed E-state index contributed by atoms with van der Waals surface area (Å²) in [4.78, 5) is 13.2. The molecular formula is C27H39N2OY+. The molecular weight excluding hydrogens is 457 g/mol. The Bertz CT molecular complexity index is 845. The zero-order chi connectivity index (χ0) is 21.8. The largest absolute Gasteiger partial charge is 0.320 e. The number of carbonyl (C=O) groups excluding carboxylic acids is 1. The molecule has 1 amide bonds. The molecule has 3 nitrogen and oxygen atoms in total. The van der Waals surface area contributed by atoms with E-state index in [1.165, 1.54) is 54.6 Å². The first-order valence-corrected chi connectivity index (χ1v) is 11.6. The summed E-state index contributed by atoms with van der Waals surface area (Å²) in [6, 6.07) is 14.6. The monoisotopic (exact) mass is 496 g/mol. The average molecular weight is 497 g/mol. The number of hydrogen-bond donors (Lipinski definition) is 1. The van der Waals surface area contributed by atoms with Crippen LogP contribution in [0.4, 0.5) is 5.69 Å². The van der Waals surface area contributed by atoms with Crippen molar-refractivity contribution in [3.63, 3.8) is 0 Å². The van der Waals surface area contributed by atoms with Crippen LogP contribution < -0.4 is 5.32 Å². The predicted octanol–water partition coefficient (Wildman–Crippen LogP) is 6.10. The van der Waals surface area contributed by atoms with E-state index in [1.54, 1.807) is 0 Å². The molecule has 165 valence electrons. The van der Waals surface area contributed by atoms with Crippen LogP contribution in [0.3, 0.4) is 0 Å². The Hall–Kier alpha value is -1.03. The minimum Gasteiger partial charge on any atom is -0.320 e. The van der Waals surface area contributed by atoms with Gasteiger partial charge in [0.25, 0.3) is 5.91 Å². The van der Waals surface area contributed by atoms with Gasteiger partial charge in [-0.25, -0.2) is 0 Å². The standard InChI is InChI=1S/C20H30N2O.C7H8.Y/c1-5-22(11-7-6-8-12-22)20(9-10-20)19(23)21-18-16(3)13-15(2)14-17(18)4;1-7-5-3-2-4-6-7;/h13-14H,5-12H2,1-4H3;2-6H,1H3;/p+1. The molecule has 1 N–H and O–H groups in total. The molecule has 1 saturated heterocycles. The summed E-state index contributed by atoms with van der Waals surface area (Å²) < 4.78 is 1.02. The number of aryl methyl sites for hydroxylation is 4. The average Bonchev–Trinajstić information content (AvgIpc) is 3.55. The summed E-state index contributed by atoms with van der Waals surface area (Å²) in [5.41, 5.74) is 5.80. The van der Waals surface area contributed by atoms with Crippen LogP contribution in [-0.4, -0.2) is 35.6 Å². The summed E-state index contributed by atoms with van der Waals surface area (Å²) in [7, 11) is 0. The summed E-state index contributed by atoms with van der Waals surface area (Å²) in [6.45, 7) is 14.1. The maximum absolute atomic E-state index is 13.2. The molecule has 31 heavy (non-hydrogen) atoms. The number of quaternary nitrogens is 1. The van der Waals surface area contributed by atoms with Crippen molar-refractivity contribution in [3.05, 3.63) is 64.7 Å². The van der Waals surface area contributed by atoms with E-state index in [-0.39, 0.29) is 44.2 Å². The van der Waals surface area contributed by atoms with Gasteiger partial charge in [0.05, 0.1) is 19.6 Å². The number of rotatable bonds is 4. The van der Waals surface area contributed by atoms with Crippen molar-refractivity contribution in [2.75, 3.05) is 25.0 Å². The molecule has 1 heterocycles. The van der Waals surface area contributed by atoms with E-state index >= 15 is 0 Å². The molecule has 0 bridgehead atoms. The molecule has 0 aromatic heterocycles. The maximum atomic E-state index is 13.2. The molecule has 0 spiro atoms. The maximum Gasteiger partial charge on any atom is 0.285 e. The van der Waals surface area contributed by atoms with Gasteiger partial charge in [-0.15, -0.1) is 0 Å². The number of nitrogens with one attached hydrogen (secondary N) is 1. The second-order valence-corrected chi connectivity index (χ2v) is 9.38. The fourth-order valence-electron chi connectivity index (χ4n) is 5.34. The van der Waals surface area contributed by atoms with Crippen LogP contribution in [0.5, 0.6) is 0 Å². The van der Waals surface area contributed by atoms with Crippen molar-refractivity contribution in [3.8, 4) is 0 Å². The van der Waals surface area contributed by atoms with Gasteiger partial charge in [-0.3, -0.25) is 4.79 Å². The number of piperidine rings is 1. The SMILES string of the molecule is CC[N+]1(C2(C(=O)Nc3c(C)cc(C)cc3C)CC2)CCCCC1.Cc1ccccc1.[Y]. The van der Waals surface area contributed by atoms with Crippen LogP contribution in [0.1, 0.15) is 61.3 Å². The summed E-state index contributed by atoms with van der Waals surface area (Å²) >= 11 is 0. The Balaban J connectivity index is 0.000000364. The number of benzene rings is 2. The van der Waals surface area contributed by atoms with Gasteiger partial charge in [0.1, 0.15) is 0 Å². The van der Waals surface area contributed by atoms with Gasteiger partial charge < -0.3 is 9.80 Å². The molecule has 1 aliphatic heterocycles. The molecule has 0 unspecified atom stereocenters. The van der Waals surface area contributed by atoms with Gasteiger partial charge in [-0.05, 0) is 65.0 Å². The van der Waals surface area contributed by atoms with Crippen molar-refractivity contribution in [2.45, 2.75) is 72.3 Å². The second kappa shape index (κ2) is 11.2. The van der Waals surface area contributed by atoms with Crippen LogP contribution in [0.2, 0.25) is 0 Å². The predicted molar refractivity (Wildman–Crippen MR) is 127 cm³/mol. The number of amides is 1. The van der Waals surface area contributed by atoms with E-state index in [9.17, 15) is 4.79 Å². The van der Waals surface area contributed by atoms with Crippen molar-refractivity contribution in [2.24, 2.45) is 0 Å². The zero-order valence-electron chi connectivity index (χ0n) is 20.1. The first-order chi connectivity index (χ1) is 14.3. The van der Waals surface area contributed by atoms with E-state index in [1.807, 2.05) is 18.2 Å². The fraction of sp³-hybridized carbons (Fsp3) is 0.519. The Morgan fingerprint density at radius 1 is 0.903 bits per heavy atom. The van der Waals surface area contributed by atoms with E-state index in [0.717, 1.165) is 29.6 Å². The number of likely N-dealkylation sites (tertiary alicyclic amines) is 1. The molecule has 0 atom stereocenters. The normalized spacial score (nSPS) is 18.1. The van der Waals surface area contributed by atoms with Gasteiger partial charge in [0.2, 0.25) is 0 Å². The van der Waals surface area contributed by atoms with Gasteiger partial charge in [0, 0.05) is 51.2 Å². The Labute approximate surface area is 214 Å². The van der Waals surface area contributed by atoms with Crippen molar-refractivity contribution in [1.82, 2.24) is 0 Å². The minimum atomic E-state index is -0.154. The zero-order valence-corrected chi connectivity index (χ0v) is 23.0. The molecule has 4 rings (SSSR count). The van der Waals surface area contributed by atoms with Crippen LogP contribution in [-0.2, 0) is 37.5 Å². The van der Waals surface area contributed by atoms with Crippen LogP contribution >= 0.6 is 0 Å². The van der Waals surface area contributed by atoms with E-state index in [2.05, 4.69) is 64.2 Å². The smallest absolute Gasteiger partial charge is 0.285 e. The summed E-state index contributed by atoms with van der Waals surface area (Å²) in [5, 5.41) is 3.31. The molecule has 1 aliphatic carbocycles. The molecule has 2 aromatic carbocycles. The number of carbonyl (C=O) groups is 1. The number of hydrogen-bond acceptors (Lipinski definition) is 1. The van der Waals surface area contributed by atoms with Gasteiger partial charge in [-0.2, -0.15) is 0 Å². The Morgan fingerprint density at radius 3 is 1.87 bits per heavy atom. The molecule has 1 saturated carbocycles. The van der Waals surface area contributed by atoms with Crippen LogP contribution in [0, 0.1) is 27.7 Å². The van der Waals surface area contributed by atoms with Gasteiger partial charge in [0.15, 0.2) is 5.54 Å². The van der Waals surface area contributed by atoms with E-state index in [0.29, 0.717) is 0 Å². The second-order valence-electron chi connectivity index (χ2n) is 9.38. The van der Waals surface area contributed by atoms with Crippen molar-refractivity contribution in [1.29, 1.82) is 0 Å². The van der Waals surface area contributed by atoms with E-state index in [4.69, 9.17) is 0 Å². The quantitative estimate of drug-likeness (QED) is 0.510. The number of likely N-dealkylation sites (N-methyl/N-ethyl adjacent to an activating group) is 1. The van der Waals surface area contributed by atoms with Gasteiger partial charge in [-0.1, -0.05) is 53.6 Å². The number of nitrogens with zero attached hydrogens (tertiary/aromatic N) is 1. The van der Waals surface area contributed by atoms with E-state index < -0.39 is 0 Å². The van der Waals surface area contributed by atoms with Crippen LogP contribution in [0.25, 0.3) is 0 Å². The third-order valence-electron chi connectivity index (χ3n) is 7.19. The summed E-state index contributed by atoms with van der Waals surface area (Å²) in [5.74, 6) is 0.260. The topological polar surface area (TPSA) is 29.1 Å². The van der Waals surface area contributed by atoms with Crippen LogP contribution in [0.15, 0.2) is 42.5 Å². The molecule has 1 radical (unpaired) electrons. The van der Waals surface area contributed by atoms with Crippen molar-refractivity contribution >= 4 is 11.6 Å². The van der Waals surface area contributed by atoms with Crippen molar-refractivity contribution < 1.29 is 42.0 Å². The Morgan fingerprint density at radius 2 is 1.45 bits per heavy atom. The third kappa shape index (κ3) is 5.86. The number of anilines is 1. The third-order valence-corrected chi connectivity index (χ3v) is 7.19. The Kier molecular flexibility index (Phi) is 9.48. The molecule has 2 aliphatic rings.